The summed E-state index contributed by atoms with van der Waals surface area (Å²) >= 11 is 0. The Balaban J connectivity index is 2.11. The van der Waals surface area contributed by atoms with Gasteiger partial charge in [0.2, 0.25) is 0 Å². The molecule has 2 aromatic rings. The average molecular weight is 436 g/mol. The van der Waals surface area contributed by atoms with E-state index in [1.54, 1.807) is 55.5 Å². The molecule has 2 aromatic carbocycles. The molecular formula is C26H29NO5. The van der Waals surface area contributed by atoms with E-state index in [2.05, 4.69) is 17.2 Å². The number of hydrogen-bond acceptors (Lipinski definition) is 5. The highest BCUT2D eigenvalue weighted by molar-refractivity contribution is 5.98. The number of benzene rings is 2. The molecule has 0 unspecified atom stereocenters. The zero-order valence-corrected chi connectivity index (χ0v) is 19.1. The lowest BCUT2D eigenvalue weighted by atomic mass is 10.0. The normalized spacial score (nSPS) is 12.8. The molecule has 6 nitrogen and oxygen atoms in total. The van der Waals surface area contributed by atoms with E-state index >= 15 is 0 Å². The second-order valence-electron chi connectivity index (χ2n) is 8.35. The van der Waals surface area contributed by atoms with Crippen molar-refractivity contribution in [1.29, 1.82) is 0 Å². The van der Waals surface area contributed by atoms with Gasteiger partial charge in [0.15, 0.2) is 5.78 Å². The number of hydrogen-bond donors (Lipinski definition) is 1. The maximum absolute atomic E-state index is 12.8. The molecule has 0 aliphatic carbocycles. The van der Waals surface area contributed by atoms with Crippen LogP contribution in [-0.4, -0.2) is 49.4 Å². The maximum atomic E-state index is 12.8. The molecule has 2 rings (SSSR count). The van der Waals surface area contributed by atoms with Crippen LogP contribution < -0.4 is 5.32 Å². The van der Waals surface area contributed by atoms with E-state index in [-0.39, 0.29) is 18.3 Å². The fourth-order valence-corrected chi connectivity index (χ4v) is 3.04. The minimum absolute atomic E-state index is 0.120. The summed E-state index contributed by atoms with van der Waals surface area (Å²) in [6.07, 6.45) is 0.252. The third-order valence-electron chi connectivity index (χ3n) is 4.47. The summed E-state index contributed by atoms with van der Waals surface area (Å²) in [5.74, 6) is 5.40. The largest absolute Gasteiger partial charge is 0.377 e. The summed E-state index contributed by atoms with van der Waals surface area (Å²) in [7, 11) is 1.43. The van der Waals surface area contributed by atoms with Crippen LogP contribution in [0.2, 0.25) is 0 Å². The molecule has 168 valence electrons. The van der Waals surface area contributed by atoms with E-state index in [1.165, 1.54) is 7.11 Å². The predicted molar refractivity (Wildman–Crippen MR) is 123 cm³/mol. The molecule has 0 bridgehead atoms. The minimum atomic E-state index is -0.838. The number of carbonyl (C=O) groups excluding carboxylic acids is 3. The van der Waals surface area contributed by atoms with Crippen molar-refractivity contribution in [1.82, 2.24) is 5.32 Å². The number of ketones is 1. The zero-order valence-electron chi connectivity index (χ0n) is 19.1. The molecule has 0 heterocycles. The van der Waals surface area contributed by atoms with Crippen LogP contribution in [0.1, 0.15) is 59.5 Å². The lowest BCUT2D eigenvalue weighted by molar-refractivity contribution is -0.132. The van der Waals surface area contributed by atoms with Crippen molar-refractivity contribution >= 4 is 18.0 Å². The van der Waals surface area contributed by atoms with Gasteiger partial charge in [-0.25, -0.2) is 0 Å². The van der Waals surface area contributed by atoms with Crippen molar-refractivity contribution in [3.05, 3.63) is 70.8 Å². The lowest BCUT2D eigenvalue weighted by Crippen LogP contribution is -2.51. The van der Waals surface area contributed by atoms with E-state index in [4.69, 9.17) is 9.47 Å². The summed E-state index contributed by atoms with van der Waals surface area (Å²) in [6, 6.07) is 12.9. The fourth-order valence-electron chi connectivity index (χ4n) is 3.04. The van der Waals surface area contributed by atoms with Crippen molar-refractivity contribution in [3.63, 3.8) is 0 Å². The van der Waals surface area contributed by atoms with Crippen LogP contribution in [0.15, 0.2) is 48.5 Å². The van der Waals surface area contributed by atoms with Gasteiger partial charge < -0.3 is 14.8 Å². The minimum Gasteiger partial charge on any atom is -0.377 e. The van der Waals surface area contributed by atoms with E-state index < -0.39 is 17.7 Å². The number of Topliss-reactive ketones (excluding diaryl/α,β-unsaturated/α-hetero) is 1. The third-order valence-corrected chi connectivity index (χ3v) is 4.47. The number of nitrogens with one attached hydrogen (secondary N) is 1. The standard InChI is InChI=1S/C26H29NO5/c1-18(32-26(2,3)4)24(23(29)17-31-5)27-25(30)22-14-12-20(13-15-22)7-6-19-8-10-21(16-28)11-9-19/h8-16,18,24H,17H2,1-5H3,(H,27,30)/t18-,24+/m1/s1. The van der Waals surface area contributed by atoms with Crippen LogP contribution >= 0.6 is 0 Å². The van der Waals surface area contributed by atoms with Gasteiger partial charge in [0.25, 0.3) is 5.91 Å². The molecule has 0 saturated carbocycles. The molecule has 0 spiro atoms. The number of amides is 1. The summed E-state index contributed by atoms with van der Waals surface area (Å²) in [5.41, 5.74) is 2.05. The van der Waals surface area contributed by atoms with Crippen LogP contribution in [0.4, 0.5) is 0 Å². The number of rotatable bonds is 8. The number of ether oxygens (including phenoxy) is 2. The first-order chi connectivity index (χ1) is 15.1. The zero-order chi connectivity index (χ0) is 23.7. The topological polar surface area (TPSA) is 81.7 Å². The summed E-state index contributed by atoms with van der Waals surface area (Å²) < 4.78 is 10.8. The third kappa shape index (κ3) is 7.77. The van der Waals surface area contributed by atoms with Crippen molar-refractivity contribution in [2.75, 3.05) is 13.7 Å². The molecule has 0 saturated heterocycles. The van der Waals surface area contributed by atoms with Crippen molar-refractivity contribution in [2.24, 2.45) is 0 Å². The first-order valence-electron chi connectivity index (χ1n) is 10.3. The summed E-state index contributed by atoms with van der Waals surface area (Å²) in [6.45, 7) is 7.30. The second kappa shape index (κ2) is 11.4. The van der Waals surface area contributed by atoms with Crippen LogP contribution in [0, 0.1) is 11.8 Å². The Hall–Kier alpha value is -3.27. The van der Waals surface area contributed by atoms with Gasteiger partial charge in [-0.05, 0) is 64.1 Å². The van der Waals surface area contributed by atoms with Gasteiger partial charge in [-0.1, -0.05) is 24.0 Å². The Morgan fingerprint density at radius 1 is 1.00 bits per heavy atom. The van der Waals surface area contributed by atoms with E-state index in [0.29, 0.717) is 11.1 Å². The first-order valence-corrected chi connectivity index (χ1v) is 10.3. The molecule has 2 atom stereocenters. The molecule has 1 amide bonds. The summed E-state index contributed by atoms with van der Waals surface area (Å²) in [5, 5.41) is 2.77. The van der Waals surface area contributed by atoms with E-state index in [9.17, 15) is 14.4 Å². The van der Waals surface area contributed by atoms with Gasteiger partial charge in [0, 0.05) is 29.4 Å². The SMILES string of the molecule is COCC(=O)[C@@H](NC(=O)c1ccc(C#Cc2ccc(C=O)cc2)cc1)[C@@H](C)OC(C)(C)C. The van der Waals surface area contributed by atoms with E-state index in [1.807, 2.05) is 20.8 Å². The molecule has 0 aliphatic rings. The Morgan fingerprint density at radius 3 is 2.00 bits per heavy atom. The number of aldehydes is 1. The number of methoxy groups -OCH3 is 1. The molecule has 0 aliphatic heterocycles. The van der Waals surface area contributed by atoms with Crippen molar-refractivity contribution < 1.29 is 23.9 Å². The molecule has 0 fully saturated rings. The Bertz CT molecular complexity index is 992. The smallest absolute Gasteiger partial charge is 0.251 e. The molecular weight excluding hydrogens is 406 g/mol. The van der Waals surface area contributed by atoms with Gasteiger partial charge in [-0.2, -0.15) is 0 Å². The van der Waals surface area contributed by atoms with Crippen LogP contribution in [-0.2, 0) is 14.3 Å². The Morgan fingerprint density at radius 2 is 1.53 bits per heavy atom. The van der Waals surface area contributed by atoms with Gasteiger partial charge in [0.05, 0.1) is 11.7 Å². The number of carbonyl (C=O) groups is 3. The van der Waals surface area contributed by atoms with Crippen LogP contribution in [0.5, 0.6) is 0 Å². The van der Waals surface area contributed by atoms with Gasteiger partial charge in [0.1, 0.15) is 18.9 Å². The highest BCUT2D eigenvalue weighted by atomic mass is 16.5. The molecule has 6 heteroatoms. The van der Waals surface area contributed by atoms with Gasteiger partial charge in [-0.3, -0.25) is 14.4 Å². The molecule has 0 radical (unpaired) electrons. The van der Waals surface area contributed by atoms with Gasteiger partial charge >= 0.3 is 0 Å². The van der Waals surface area contributed by atoms with Gasteiger partial charge in [-0.15, -0.1) is 0 Å². The van der Waals surface area contributed by atoms with Crippen LogP contribution in [0.25, 0.3) is 0 Å². The fraction of sp³-hybridized carbons (Fsp3) is 0.346. The average Bonchev–Trinajstić information content (AvgIpc) is 2.75. The van der Waals surface area contributed by atoms with Crippen molar-refractivity contribution in [2.45, 2.75) is 45.4 Å². The molecule has 0 aromatic heterocycles. The molecule has 1 N–H and O–H groups in total. The maximum Gasteiger partial charge on any atom is 0.251 e. The second-order valence-corrected chi connectivity index (χ2v) is 8.35. The van der Waals surface area contributed by atoms with Crippen molar-refractivity contribution in [3.8, 4) is 11.8 Å². The first kappa shape index (κ1) is 25.0. The lowest BCUT2D eigenvalue weighted by Gasteiger charge is -2.30. The molecule has 32 heavy (non-hydrogen) atoms. The Kier molecular flexibility index (Phi) is 8.89. The monoisotopic (exact) mass is 435 g/mol. The van der Waals surface area contributed by atoms with Crippen LogP contribution in [0.3, 0.4) is 0 Å². The summed E-state index contributed by atoms with van der Waals surface area (Å²) in [4.78, 5) is 36.0. The van der Waals surface area contributed by atoms with E-state index in [0.717, 1.165) is 17.4 Å². The highest BCUT2D eigenvalue weighted by Gasteiger charge is 2.30. The quantitative estimate of drug-likeness (QED) is 0.508. The predicted octanol–water partition coefficient (Wildman–Crippen LogP) is 3.42. The highest BCUT2D eigenvalue weighted by Crippen LogP contribution is 2.15. The Labute approximate surface area is 189 Å².